The molecule has 0 aromatic heterocycles. The molecule has 0 N–H and O–H groups in total. The first-order chi connectivity index (χ1) is 15.2. The average molecular weight is 447 g/mol. The van der Waals surface area contributed by atoms with Gasteiger partial charge in [-0.1, -0.05) is 55.5 Å². The molecule has 0 spiro atoms. The number of hydrogen-bond acceptors (Lipinski definition) is 3. The third-order valence-electron chi connectivity index (χ3n) is 6.47. The van der Waals surface area contributed by atoms with Gasteiger partial charge in [0.25, 0.3) is 0 Å². The van der Waals surface area contributed by atoms with E-state index in [9.17, 15) is 17.6 Å². The number of halogens is 1. The standard InChI is InChI=1S/C27H23FO3S/c1-16-6-7-19(15-32(2,30)31)22-12-13-23-26-18(14-24(29)27(23)25(16)22)4-3-5-21(26)17-8-10-20(28)11-9-17/h3-4,6-14,16,21H,5,15H2,1-2H3. The molecule has 2 atom stereocenters. The van der Waals surface area contributed by atoms with Crippen LogP contribution in [0.25, 0.3) is 11.1 Å². The lowest BCUT2D eigenvalue weighted by atomic mass is 9.74. The van der Waals surface area contributed by atoms with E-state index in [0.29, 0.717) is 5.56 Å². The van der Waals surface area contributed by atoms with Gasteiger partial charge in [0.2, 0.25) is 0 Å². The van der Waals surface area contributed by atoms with Gasteiger partial charge >= 0.3 is 0 Å². The Morgan fingerprint density at radius 1 is 1.03 bits per heavy atom. The second kappa shape index (κ2) is 7.52. The minimum atomic E-state index is -3.22. The van der Waals surface area contributed by atoms with Gasteiger partial charge in [-0.3, -0.25) is 4.79 Å². The van der Waals surface area contributed by atoms with Crippen LogP contribution in [0, 0.1) is 5.82 Å². The summed E-state index contributed by atoms with van der Waals surface area (Å²) in [5.74, 6) is -0.379. The number of carbonyl (C=O) groups is 1. The van der Waals surface area contributed by atoms with Crippen molar-refractivity contribution in [2.45, 2.75) is 25.2 Å². The summed E-state index contributed by atoms with van der Waals surface area (Å²) >= 11 is 0. The van der Waals surface area contributed by atoms with E-state index in [2.05, 4.69) is 6.08 Å². The zero-order chi connectivity index (χ0) is 22.6. The highest BCUT2D eigenvalue weighted by Crippen LogP contribution is 2.40. The van der Waals surface area contributed by atoms with E-state index in [1.54, 1.807) is 6.08 Å². The molecule has 3 nitrogen and oxygen atoms in total. The Morgan fingerprint density at radius 2 is 1.75 bits per heavy atom. The van der Waals surface area contributed by atoms with Crippen molar-refractivity contribution < 1.29 is 17.6 Å². The molecule has 0 saturated heterocycles. The van der Waals surface area contributed by atoms with Gasteiger partial charge in [-0.05, 0) is 62.9 Å². The van der Waals surface area contributed by atoms with Gasteiger partial charge in [-0.15, -0.1) is 0 Å². The molecule has 0 amide bonds. The zero-order valence-electron chi connectivity index (χ0n) is 17.9. The Kier molecular flexibility index (Phi) is 4.90. The molecule has 3 aliphatic rings. The lowest BCUT2D eigenvalue weighted by molar-refractivity contribution is 0.104. The number of benzene rings is 2. The molecule has 0 fully saturated rings. The second-order valence-corrected chi connectivity index (χ2v) is 11.0. The molecule has 0 bridgehead atoms. The summed E-state index contributed by atoms with van der Waals surface area (Å²) in [4.78, 5) is 13.3. The van der Waals surface area contributed by atoms with E-state index in [1.165, 1.54) is 18.4 Å². The molecule has 2 aromatic rings. The van der Waals surface area contributed by atoms with E-state index in [0.717, 1.165) is 44.7 Å². The van der Waals surface area contributed by atoms with Crippen LogP contribution in [0.1, 0.15) is 46.7 Å². The third-order valence-corrected chi connectivity index (χ3v) is 7.31. The molecule has 32 heavy (non-hydrogen) atoms. The molecule has 5 rings (SSSR count). The molecule has 2 aromatic carbocycles. The summed E-state index contributed by atoms with van der Waals surface area (Å²) in [5.41, 5.74) is 5.24. The first-order valence-electron chi connectivity index (χ1n) is 10.7. The second-order valence-electron chi connectivity index (χ2n) is 8.81. The highest BCUT2D eigenvalue weighted by molar-refractivity contribution is 7.91. The Hall–Kier alpha value is -3.05. The van der Waals surface area contributed by atoms with Gasteiger partial charge in [0.1, 0.15) is 5.82 Å². The monoisotopic (exact) mass is 446 g/mol. The average Bonchev–Trinajstić information content (AvgIpc) is 2.74. The molecule has 3 aliphatic carbocycles. The number of ketones is 1. The molecule has 162 valence electrons. The number of carbonyl (C=O) groups excluding carboxylic acids is 1. The first kappa shape index (κ1) is 20.8. The van der Waals surface area contributed by atoms with Crippen molar-refractivity contribution in [3.8, 4) is 0 Å². The van der Waals surface area contributed by atoms with Crippen LogP contribution >= 0.6 is 0 Å². The SMILES string of the molecule is CC1C=CC(CS(C)(=O)=O)=c2ccc3c(c21)C(=O)C=C1C=CCC(c2ccc(F)cc2)C=31. The van der Waals surface area contributed by atoms with Crippen LogP contribution in [0.5, 0.6) is 0 Å². The molecular formula is C27H23FO3S. The summed E-state index contributed by atoms with van der Waals surface area (Å²) < 4.78 is 37.5. The fraction of sp³-hybridized carbons (Fsp3) is 0.222. The number of fused-ring (bicyclic) bond motifs is 4. The summed E-state index contributed by atoms with van der Waals surface area (Å²) in [5, 5.41) is 1.73. The molecule has 5 heteroatoms. The topological polar surface area (TPSA) is 51.2 Å². The molecule has 0 heterocycles. The lowest BCUT2D eigenvalue weighted by Crippen LogP contribution is -2.34. The minimum absolute atomic E-state index is 0.00818. The fourth-order valence-corrected chi connectivity index (χ4v) is 5.95. The van der Waals surface area contributed by atoms with Gasteiger partial charge in [0, 0.05) is 23.7 Å². The van der Waals surface area contributed by atoms with Crippen molar-refractivity contribution in [1.29, 1.82) is 0 Å². The van der Waals surface area contributed by atoms with E-state index in [4.69, 9.17) is 0 Å². The van der Waals surface area contributed by atoms with Crippen molar-refractivity contribution in [3.05, 3.63) is 105 Å². The molecule has 0 aliphatic heterocycles. The molecule has 0 saturated carbocycles. The summed E-state index contributed by atoms with van der Waals surface area (Å²) in [7, 11) is -3.22. The number of sulfone groups is 1. The van der Waals surface area contributed by atoms with Gasteiger partial charge < -0.3 is 0 Å². The Bertz CT molecular complexity index is 1470. The normalized spacial score (nSPS) is 21.7. The Balaban J connectivity index is 1.83. The summed E-state index contributed by atoms with van der Waals surface area (Å²) in [6, 6.07) is 10.5. The van der Waals surface area contributed by atoms with Crippen LogP contribution in [-0.4, -0.2) is 26.2 Å². The van der Waals surface area contributed by atoms with Crippen molar-refractivity contribution in [1.82, 2.24) is 0 Å². The van der Waals surface area contributed by atoms with E-state index in [1.807, 2.05) is 49.4 Å². The maximum Gasteiger partial charge on any atom is 0.187 e. The summed E-state index contributed by atoms with van der Waals surface area (Å²) in [6.45, 7) is 2.03. The fourth-order valence-electron chi connectivity index (χ4n) is 5.14. The van der Waals surface area contributed by atoms with E-state index in [-0.39, 0.29) is 29.2 Å². The molecular weight excluding hydrogens is 423 g/mol. The van der Waals surface area contributed by atoms with Gasteiger partial charge in [0.15, 0.2) is 15.6 Å². The maximum absolute atomic E-state index is 13.5. The zero-order valence-corrected chi connectivity index (χ0v) is 18.7. The Morgan fingerprint density at radius 3 is 2.47 bits per heavy atom. The molecule has 2 unspecified atom stereocenters. The van der Waals surface area contributed by atoms with Crippen LogP contribution < -0.4 is 10.4 Å². The predicted octanol–water partition coefficient (Wildman–Crippen LogP) is 3.71. The van der Waals surface area contributed by atoms with Crippen molar-refractivity contribution >= 4 is 26.8 Å². The highest BCUT2D eigenvalue weighted by atomic mass is 32.2. The largest absolute Gasteiger partial charge is 0.289 e. The first-order valence-corrected chi connectivity index (χ1v) is 12.7. The number of allylic oxidation sites excluding steroid dienone is 6. The van der Waals surface area contributed by atoms with E-state index >= 15 is 0 Å². The maximum atomic E-state index is 13.5. The van der Waals surface area contributed by atoms with Crippen LogP contribution in [0.3, 0.4) is 0 Å². The number of rotatable bonds is 3. The van der Waals surface area contributed by atoms with Gasteiger partial charge in [-0.2, -0.15) is 0 Å². The van der Waals surface area contributed by atoms with Crippen molar-refractivity contribution in [2.75, 3.05) is 12.0 Å². The quantitative estimate of drug-likeness (QED) is 0.722. The number of hydrogen-bond donors (Lipinski definition) is 0. The molecule has 0 radical (unpaired) electrons. The highest BCUT2D eigenvalue weighted by Gasteiger charge is 2.30. The third kappa shape index (κ3) is 3.51. The van der Waals surface area contributed by atoms with Crippen LogP contribution in [-0.2, 0) is 9.84 Å². The minimum Gasteiger partial charge on any atom is -0.289 e. The lowest BCUT2D eigenvalue weighted by Gasteiger charge is -2.29. The Labute approximate surface area is 186 Å². The summed E-state index contributed by atoms with van der Waals surface area (Å²) in [6.07, 6.45) is 11.6. The van der Waals surface area contributed by atoms with Crippen molar-refractivity contribution in [3.63, 3.8) is 0 Å². The van der Waals surface area contributed by atoms with E-state index < -0.39 is 9.84 Å². The van der Waals surface area contributed by atoms with Crippen LogP contribution in [0.15, 0.2) is 72.4 Å². The smallest absolute Gasteiger partial charge is 0.187 e. The van der Waals surface area contributed by atoms with Gasteiger partial charge in [-0.25, -0.2) is 12.8 Å². The van der Waals surface area contributed by atoms with Gasteiger partial charge in [0.05, 0.1) is 5.75 Å². The van der Waals surface area contributed by atoms with Crippen LogP contribution in [0.4, 0.5) is 4.39 Å². The van der Waals surface area contributed by atoms with Crippen LogP contribution in [0.2, 0.25) is 0 Å². The van der Waals surface area contributed by atoms with Crippen molar-refractivity contribution in [2.24, 2.45) is 0 Å². The predicted molar refractivity (Wildman–Crippen MR) is 125 cm³/mol.